The van der Waals surface area contributed by atoms with E-state index in [4.69, 9.17) is 9.47 Å². The molecule has 0 amide bonds. The van der Waals surface area contributed by atoms with Gasteiger partial charge in [-0.25, -0.2) is 0 Å². The molecule has 2 fully saturated rings. The minimum atomic E-state index is 0.705. The van der Waals surface area contributed by atoms with Crippen molar-refractivity contribution in [2.45, 2.75) is 25.3 Å². The van der Waals surface area contributed by atoms with Crippen molar-refractivity contribution in [3.8, 4) is 0 Å². The maximum Gasteiger partial charge on any atom is 0.0700 e. The number of methoxy groups -OCH3 is 1. The summed E-state index contributed by atoms with van der Waals surface area (Å²) in [5.41, 5.74) is 0. The average Bonchev–Trinajstić information content (AvgIpc) is 2.38. The molecule has 0 aliphatic carbocycles. The Morgan fingerprint density at radius 2 is 2.00 bits per heavy atom. The van der Waals surface area contributed by atoms with Crippen LogP contribution in [0.4, 0.5) is 0 Å². The highest BCUT2D eigenvalue weighted by Crippen LogP contribution is 2.20. The van der Waals surface area contributed by atoms with Gasteiger partial charge in [-0.3, -0.25) is 9.80 Å². The summed E-state index contributed by atoms with van der Waals surface area (Å²) >= 11 is 0. The molecule has 0 radical (unpaired) electrons. The van der Waals surface area contributed by atoms with E-state index in [1.807, 2.05) is 0 Å². The standard InChI is InChI=1S/C13H26N2O2/c1-16-10-11-17-9-8-14-6-7-15-5-3-2-4-13(15)12-14/h13H,2-12H2,1H3. The van der Waals surface area contributed by atoms with Crippen LogP contribution in [0.3, 0.4) is 0 Å². The predicted octanol–water partition coefficient (Wildman–Crippen LogP) is 0.820. The Morgan fingerprint density at radius 1 is 1.06 bits per heavy atom. The molecule has 2 aliphatic rings. The van der Waals surface area contributed by atoms with Gasteiger partial charge < -0.3 is 9.47 Å². The van der Waals surface area contributed by atoms with Gasteiger partial charge >= 0.3 is 0 Å². The van der Waals surface area contributed by atoms with Crippen molar-refractivity contribution in [1.82, 2.24) is 9.80 Å². The number of ether oxygens (including phenoxy) is 2. The van der Waals surface area contributed by atoms with Crippen LogP contribution < -0.4 is 0 Å². The minimum absolute atomic E-state index is 0.705. The Hall–Kier alpha value is -0.160. The highest BCUT2D eigenvalue weighted by atomic mass is 16.5. The lowest BCUT2D eigenvalue weighted by Crippen LogP contribution is -2.55. The van der Waals surface area contributed by atoms with Gasteiger partial charge in [0.2, 0.25) is 0 Å². The molecule has 0 aromatic rings. The third kappa shape index (κ3) is 4.21. The Morgan fingerprint density at radius 3 is 2.88 bits per heavy atom. The monoisotopic (exact) mass is 242 g/mol. The van der Waals surface area contributed by atoms with Crippen molar-refractivity contribution >= 4 is 0 Å². The second-order valence-electron chi connectivity index (χ2n) is 5.09. The lowest BCUT2D eigenvalue weighted by Gasteiger charge is -2.44. The van der Waals surface area contributed by atoms with E-state index in [0.717, 1.165) is 25.8 Å². The van der Waals surface area contributed by atoms with Gasteiger partial charge in [0.15, 0.2) is 0 Å². The van der Waals surface area contributed by atoms with Crippen molar-refractivity contribution in [2.75, 3.05) is 59.7 Å². The zero-order valence-corrected chi connectivity index (χ0v) is 11.1. The van der Waals surface area contributed by atoms with E-state index >= 15 is 0 Å². The van der Waals surface area contributed by atoms with E-state index in [-0.39, 0.29) is 0 Å². The van der Waals surface area contributed by atoms with Gasteiger partial charge in [-0.05, 0) is 19.4 Å². The van der Waals surface area contributed by atoms with Gasteiger partial charge in [0.25, 0.3) is 0 Å². The maximum absolute atomic E-state index is 5.53. The van der Waals surface area contributed by atoms with Gasteiger partial charge in [0, 0.05) is 39.3 Å². The molecule has 2 heterocycles. The summed E-state index contributed by atoms with van der Waals surface area (Å²) in [7, 11) is 1.71. The molecule has 17 heavy (non-hydrogen) atoms. The number of hydrogen-bond donors (Lipinski definition) is 0. The molecule has 1 atom stereocenters. The summed E-state index contributed by atoms with van der Waals surface area (Å²) in [4.78, 5) is 5.23. The van der Waals surface area contributed by atoms with Crippen LogP contribution in [0.5, 0.6) is 0 Å². The molecule has 100 valence electrons. The van der Waals surface area contributed by atoms with Crippen molar-refractivity contribution < 1.29 is 9.47 Å². The van der Waals surface area contributed by atoms with E-state index in [0.29, 0.717) is 6.61 Å². The molecule has 2 aliphatic heterocycles. The zero-order chi connectivity index (χ0) is 11.9. The lowest BCUT2D eigenvalue weighted by atomic mass is 9.99. The number of fused-ring (bicyclic) bond motifs is 1. The zero-order valence-electron chi connectivity index (χ0n) is 11.1. The maximum atomic E-state index is 5.53. The van der Waals surface area contributed by atoms with Gasteiger partial charge in [0.1, 0.15) is 0 Å². The first-order valence-electron chi connectivity index (χ1n) is 6.93. The molecule has 0 aromatic carbocycles. The van der Waals surface area contributed by atoms with Gasteiger partial charge in [-0.15, -0.1) is 0 Å². The summed E-state index contributed by atoms with van der Waals surface area (Å²) in [6.45, 7) is 8.38. The van der Waals surface area contributed by atoms with E-state index in [2.05, 4.69) is 9.80 Å². The molecule has 0 bridgehead atoms. The van der Waals surface area contributed by atoms with Crippen LogP contribution in [0, 0.1) is 0 Å². The third-order valence-electron chi connectivity index (χ3n) is 3.91. The molecule has 0 saturated carbocycles. The van der Waals surface area contributed by atoms with E-state index in [1.54, 1.807) is 7.11 Å². The quantitative estimate of drug-likeness (QED) is 0.644. The summed E-state index contributed by atoms with van der Waals surface area (Å²) < 4.78 is 10.5. The smallest absolute Gasteiger partial charge is 0.0700 e. The van der Waals surface area contributed by atoms with E-state index in [9.17, 15) is 0 Å². The molecule has 0 spiro atoms. The Kier molecular flexibility index (Phi) is 5.71. The third-order valence-corrected chi connectivity index (χ3v) is 3.91. The topological polar surface area (TPSA) is 24.9 Å². The van der Waals surface area contributed by atoms with Crippen molar-refractivity contribution in [3.05, 3.63) is 0 Å². The SMILES string of the molecule is COCCOCCN1CCN2CCCCC2C1. The molecule has 4 nitrogen and oxygen atoms in total. The molecular weight excluding hydrogens is 216 g/mol. The highest BCUT2D eigenvalue weighted by molar-refractivity contribution is 4.84. The molecule has 2 rings (SSSR count). The number of piperidine rings is 1. The lowest BCUT2D eigenvalue weighted by molar-refractivity contribution is 0.0199. The molecule has 4 heteroatoms. The first-order chi connectivity index (χ1) is 8.40. The van der Waals surface area contributed by atoms with E-state index in [1.165, 1.54) is 45.4 Å². The normalized spacial score (nSPS) is 27.0. The van der Waals surface area contributed by atoms with Gasteiger partial charge in [-0.1, -0.05) is 6.42 Å². The fraction of sp³-hybridized carbons (Fsp3) is 1.00. The van der Waals surface area contributed by atoms with Crippen molar-refractivity contribution in [2.24, 2.45) is 0 Å². The molecule has 0 aromatic heterocycles. The molecular formula is C13H26N2O2. The van der Waals surface area contributed by atoms with Gasteiger partial charge in [0.05, 0.1) is 19.8 Å². The molecule has 0 N–H and O–H groups in total. The Bertz CT molecular complexity index is 214. The first-order valence-corrected chi connectivity index (χ1v) is 6.93. The second kappa shape index (κ2) is 7.31. The summed E-state index contributed by atoms with van der Waals surface area (Å²) in [6.07, 6.45) is 4.21. The predicted molar refractivity (Wildman–Crippen MR) is 68.3 cm³/mol. The largest absolute Gasteiger partial charge is 0.382 e. The van der Waals surface area contributed by atoms with Gasteiger partial charge in [-0.2, -0.15) is 0 Å². The van der Waals surface area contributed by atoms with Crippen LogP contribution in [0.2, 0.25) is 0 Å². The Labute approximate surface area is 105 Å². The highest BCUT2D eigenvalue weighted by Gasteiger charge is 2.28. The van der Waals surface area contributed by atoms with Crippen LogP contribution in [-0.2, 0) is 9.47 Å². The minimum Gasteiger partial charge on any atom is -0.382 e. The first kappa shape index (κ1) is 13.3. The van der Waals surface area contributed by atoms with Crippen LogP contribution in [0.1, 0.15) is 19.3 Å². The Balaban J connectivity index is 1.59. The summed E-state index contributed by atoms with van der Waals surface area (Å²) in [5, 5.41) is 0. The molecule has 2 saturated heterocycles. The number of rotatable bonds is 6. The van der Waals surface area contributed by atoms with Crippen molar-refractivity contribution in [3.63, 3.8) is 0 Å². The van der Waals surface area contributed by atoms with Crippen LogP contribution >= 0.6 is 0 Å². The fourth-order valence-electron chi connectivity index (χ4n) is 2.86. The van der Waals surface area contributed by atoms with Crippen LogP contribution in [0.15, 0.2) is 0 Å². The number of piperazine rings is 1. The number of hydrogen-bond acceptors (Lipinski definition) is 4. The molecule has 1 unspecified atom stereocenters. The van der Waals surface area contributed by atoms with Crippen LogP contribution in [0.25, 0.3) is 0 Å². The fourth-order valence-corrected chi connectivity index (χ4v) is 2.86. The van der Waals surface area contributed by atoms with Crippen molar-refractivity contribution in [1.29, 1.82) is 0 Å². The summed E-state index contributed by atoms with van der Waals surface area (Å²) in [6, 6.07) is 0.816. The van der Waals surface area contributed by atoms with E-state index < -0.39 is 0 Å². The summed E-state index contributed by atoms with van der Waals surface area (Å²) in [5.74, 6) is 0. The number of nitrogens with zero attached hydrogens (tertiary/aromatic N) is 2. The second-order valence-corrected chi connectivity index (χ2v) is 5.09. The van der Waals surface area contributed by atoms with Crippen LogP contribution in [-0.4, -0.2) is 75.5 Å². The average molecular weight is 242 g/mol.